The largest absolute Gasteiger partial charge is 0.304 e. The Morgan fingerprint density at radius 1 is 1.33 bits per heavy atom. The topological polar surface area (TPSA) is 24.9 Å². The third kappa shape index (κ3) is 2.88. The zero-order valence-corrected chi connectivity index (χ0v) is 9.50. The van der Waals surface area contributed by atoms with Crippen LogP contribution >= 0.6 is 11.3 Å². The van der Waals surface area contributed by atoms with Gasteiger partial charge in [0.25, 0.3) is 0 Å². The zero-order chi connectivity index (χ0) is 10.5. The summed E-state index contributed by atoms with van der Waals surface area (Å²) >= 11 is 1.78. The number of pyridine rings is 1. The van der Waals surface area contributed by atoms with Crippen molar-refractivity contribution in [3.8, 4) is 0 Å². The van der Waals surface area contributed by atoms with Crippen LogP contribution in [-0.4, -0.2) is 4.98 Å². The van der Waals surface area contributed by atoms with Crippen molar-refractivity contribution in [2.24, 2.45) is 0 Å². The first-order valence-corrected chi connectivity index (χ1v) is 5.91. The molecule has 0 saturated carbocycles. The van der Waals surface area contributed by atoms with Crippen LogP contribution in [0.1, 0.15) is 23.5 Å². The molecule has 1 unspecified atom stereocenters. The molecule has 0 aliphatic carbocycles. The summed E-state index contributed by atoms with van der Waals surface area (Å²) in [5.41, 5.74) is 1.09. The van der Waals surface area contributed by atoms with Crippen LogP contribution in [-0.2, 0) is 6.54 Å². The summed E-state index contributed by atoms with van der Waals surface area (Å²) in [5, 5.41) is 5.55. The third-order valence-corrected chi connectivity index (χ3v) is 3.17. The van der Waals surface area contributed by atoms with Gasteiger partial charge >= 0.3 is 0 Å². The number of thiophene rings is 1. The normalized spacial score (nSPS) is 12.6. The number of nitrogens with one attached hydrogen (secondary N) is 1. The molecule has 0 saturated heterocycles. The lowest BCUT2D eigenvalue weighted by Gasteiger charge is -2.11. The molecule has 3 heteroatoms. The predicted octanol–water partition coefficient (Wildman–Crippen LogP) is 2.99. The second-order valence-corrected chi connectivity index (χ2v) is 4.47. The Labute approximate surface area is 94.0 Å². The van der Waals surface area contributed by atoms with Crippen molar-refractivity contribution in [2.75, 3.05) is 0 Å². The van der Waals surface area contributed by atoms with E-state index in [2.05, 4.69) is 34.7 Å². The highest BCUT2D eigenvalue weighted by molar-refractivity contribution is 7.09. The van der Waals surface area contributed by atoms with Crippen molar-refractivity contribution in [3.05, 3.63) is 52.5 Å². The minimum atomic E-state index is 0.299. The molecule has 2 nitrogen and oxygen atoms in total. The number of hydrogen-bond acceptors (Lipinski definition) is 3. The van der Waals surface area contributed by atoms with E-state index in [-0.39, 0.29) is 0 Å². The Morgan fingerprint density at radius 2 is 2.27 bits per heavy atom. The molecule has 0 fully saturated rings. The van der Waals surface area contributed by atoms with Gasteiger partial charge in [-0.15, -0.1) is 11.3 Å². The van der Waals surface area contributed by atoms with E-state index in [1.807, 2.05) is 24.4 Å². The third-order valence-electron chi connectivity index (χ3n) is 2.29. The molecule has 1 atom stereocenters. The van der Waals surface area contributed by atoms with Gasteiger partial charge in [-0.05, 0) is 30.5 Å². The van der Waals surface area contributed by atoms with Gasteiger partial charge in [0, 0.05) is 23.7 Å². The van der Waals surface area contributed by atoms with Gasteiger partial charge in [0.2, 0.25) is 0 Å². The maximum atomic E-state index is 4.32. The van der Waals surface area contributed by atoms with Crippen molar-refractivity contribution in [3.63, 3.8) is 0 Å². The van der Waals surface area contributed by atoms with E-state index in [0.717, 1.165) is 12.2 Å². The van der Waals surface area contributed by atoms with Crippen LogP contribution in [0.15, 0.2) is 41.9 Å². The van der Waals surface area contributed by atoms with Crippen molar-refractivity contribution in [1.29, 1.82) is 0 Å². The second kappa shape index (κ2) is 5.05. The van der Waals surface area contributed by atoms with Gasteiger partial charge in [0.15, 0.2) is 0 Å². The smallest absolute Gasteiger partial charge is 0.0570 e. The molecule has 2 rings (SSSR count). The summed E-state index contributed by atoms with van der Waals surface area (Å²) in [6.07, 6.45) is 1.83. The monoisotopic (exact) mass is 218 g/mol. The highest BCUT2D eigenvalue weighted by atomic mass is 32.1. The lowest BCUT2D eigenvalue weighted by molar-refractivity contribution is 0.565. The van der Waals surface area contributed by atoms with Crippen molar-refractivity contribution < 1.29 is 0 Å². The Kier molecular flexibility index (Phi) is 3.48. The molecule has 2 heterocycles. The molecule has 0 bridgehead atoms. The summed E-state index contributed by atoms with van der Waals surface area (Å²) in [5.74, 6) is 0. The molecule has 0 aromatic carbocycles. The summed E-state index contributed by atoms with van der Waals surface area (Å²) in [6, 6.07) is 10.5. The first-order valence-electron chi connectivity index (χ1n) is 5.03. The molecule has 2 aromatic heterocycles. The van der Waals surface area contributed by atoms with E-state index in [0.29, 0.717) is 6.04 Å². The van der Waals surface area contributed by atoms with E-state index < -0.39 is 0 Å². The second-order valence-electron chi connectivity index (χ2n) is 3.44. The van der Waals surface area contributed by atoms with Crippen LogP contribution in [0.5, 0.6) is 0 Å². The van der Waals surface area contributed by atoms with Crippen LogP contribution in [0, 0.1) is 0 Å². The predicted molar refractivity (Wildman–Crippen MR) is 63.8 cm³/mol. The van der Waals surface area contributed by atoms with E-state index in [9.17, 15) is 0 Å². The van der Waals surface area contributed by atoms with E-state index in [1.54, 1.807) is 11.3 Å². The number of nitrogens with zero attached hydrogens (tertiary/aromatic N) is 1. The Morgan fingerprint density at radius 3 is 2.93 bits per heavy atom. The highest BCUT2D eigenvalue weighted by Crippen LogP contribution is 2.12. The molecule has 78 valence electrons. The van der Waals surface area contributed by atoms with Crippen molar-refractivity contribution >= 4 is 11.3 Å². The van der Waals surface area contributed by atoms with Crippen LogP contribution in [0.4, 0.5) is 0 Å². The molecule has 0 aliphatic heterocycles. The number of aromatic nitrogens is 1. The maximum Gasteiger partial charge on any atom is 0.0570 e. The zero-order valence-electron chi connectivity index (χ0n) is 8.68. The van der Waals surface area contributed by atoms with Gasteiger partial charge in [-0.3, -0.25) is 4.98 Å². The summed E-state index contributed by atoms with van der Waals surface area (Å²) in [4.78, 5) is 5.68. The fraction of sp³-hybridized carbons (Fsp3) is 0.250. The quantitative estimate of drug-likeness (QED) is 0.853. The highest BCUT2D eigenvalue weighted by Gasteiger charge is 2.04. The van der Waals surface area contributed by atoms with E-state index in [1.165, 1.54) is 4.88 Å². The lowest BCUT2D eigenvalue weighted by Crippen LogP contribution is -2.18. The molecule has 0 radical (unpaired) electrons. The van der Waals surface area contributed by atoms with Gasteiger partial charge in [-0.1, -0.05) is 12.1 Å². The van der Waals surface area contributed by atoms with Gasteiger partial charge in [-0.2, -0.15) is 0 Å². The van der Waals surface area contributed by atoms with Gasteiger partial charge < -0.3 is 5.32 Å². The molecule has 1 N–H and O–H groups in total. The van der Waals surface area contributed by atoms with Crippen LogP contribution < -0.4 is 5.32 Å². The lowest BCUT2D eigenvalue weighted by atomic mass is 10.2. The summed E-state index contributed by atoms with van der Waals surface area (Å²) < 4.78 is 0. The Hall–Kier alpha value is -1.19. The van der Waals surface area contributed by atoms with Gasteiger partial charge in [0.05, 0.1) is 5.69 Å². The van der Waals surface area contributed by atoms with Crippen LogP contribution in [0.25, 0.3) is 0 Å². The molecular formula is C12H14N2S. The Balaban J connectivity index is 1.90. The average Bonchev–Trinajstić information content (AvgIpc) is 2.80. The van der Waals surface area contributed by atoms with Crippen molar-refractivity contribution in [2.45, 2.75) is 19.5 Å². The van der Waals surface area contributed by atoms with Crippen LogP contribution in [0.3, 0.4) is 0 Å². The number of rotatable bonds is 4. The molecule has 0 amide bonds. The minimum Gasteiger partial charge on any atom is -0.304 e. The fourth-order valence-electron chi connectivity index (χ4n) is 1.40. The molecule has 0 spiro atoms. The van der Waals surface area contributed by atoms with Crippen LogP contribution in [0.2, 0.25) is 0 Å². The fourth-order valence-corrected chi connectivity index (χ4v) is 2.06. The molecule has 2 aromatic rings. The van der Waals surface area contributed by atoms with E-state index >= 15 is 0 Å². The van der Waals surface area contributed by atoms with Gasteiger partial charge in [-0.25, -0.2) is 0 Å². The molecule has 15 heavy (non-hydrogen) atoms. The molecule has 0 aliphatic rings. The molecular weight excluding hydrogens is 204 g/mol. The summed E-state index contributed by atoms with van der Waals surface area (Å²) in [7, 11) is 0. The van der Waals surface area contributed by atoms with Crippen molar-refractivity contribution in [1.82, 2.24) is 10.3 Å². The average molecular weight is 218 g/mol. The maximum absolute atomic E-state index is 4.32. The SMILES string of the molecule is CC(NCc1cccs1)c1ccccn1. The standard InChI is InChI=1S/C12H14N2S/c1-10(12-6-2-3-7-13-12)14-9-11-5-4-8-15-11/h2-8,10,14H,9H2,1H3. The number of hydrogen-bond donors (Lipinski definition) is 1. The minimum absolute atomic E-state index is 0.299. The first kappa shape index (κ1) is 10.3. The Bertz CT molecular complexity index is 383. The van der Waals surface area contributed by atoms with E-state index in [4.69, 9.17) is 0 Å². The first-order chi connectivity index (χ1) is 7.36. The van der Waals surface area contributed by atoms with Gasteiger partial charge in [0.1, 0.15) is 0 Å². The summed E-state index contributed by atoms with van der Waals surface area (Å²) in [6.45, 7) is 3.05.